The van der Waals surface area contributed by atoms with Crippen LogP contribution in [0.4, 0.5) is 0 Å². The first kappa shape index (κ1) is 21.3. The lowest BCUT2D eigenvalue weighted by Crippen LogP contribution is -2.43. The Bertz CT molecular complexity index is 985. The van der Waals surface area contributed by atoms with Crippen molar-refractivity contribution < 1.29 is 17.7 Å². The smallest absolute Gasteiger partial charge is 0.248 e. The Morgan fingerprint density at radius 3 is 2.48 bits per heavy atom. The first-order valence-electron chi connectivity index (χ1n) is 9.81. The van der Waals surface area contributed by atoms with E-state index in [-0.39, 0.29) is 22.5 Å². The van der Waals surface area contributed by atoms with Crippen molar-refractivity contribution in [2.45, 2.75) is 38.5 Å². The van der Waals surface area contributed by atoms with Crippen LogP contribution in [0.2, 0.25) is 0 Å². The molecule has 1 saturated heterocycles. The topological polar surface area (TPSA) is 92.5 Å². The molecule has 1 fully saturated rings. The number of carbonyl (C=O) groups is 1. The van der Waals surface area contributed by atoms with Crippen molar-refractivity contribution in [3.63, 3.8) is 0 Å². The van der Waals surface area contributed by atoms with Crippen molar-refractivity contribution in [2.75, 3.05) is 19.6 Å². The highest BCUT2D eigenvalue weighted by molar-refractivity contribution is 7.89. The Labute approximate surface area is 171 Å². The van der Waals surface area contributed by atoms with Gasteiger partial charge in [0.25, 0.3) is 0 Å². The summed E-state index contributed by atoms with van der Waals surface area (Å²) in [6, 6.07) is 7.88. The van der Waals surface area contributed by atoms with Crippen molar-refractivity contribution in [3.05, 3.63) is 46.8 Å². The molecule has 8 heteroatoms. The second-order valence-electron chi connectivity index (χ2n) is 7.28. The van der Waals surface area contributed by atoms with Gasteiger partial charge in [-0.1, -0.05) is 41.1 Å². The standard InChI is InChI=1S/C21H27N3O4S/c1-4-22-21(25)18-11-13-24(14-12-18)29(26,27)20-16(3)23-28-19(20)10-9-17-7-5-15(2)6-8-17/h5-10,18H,4,11-14H2,1-3H3,(H,22,25)/b10-9+. The fourth-order valence-electron chi connectivity index (χ4n) is 3.45. The molecule has 1 N–H and O–H groups in total. The number of amides is 1. The minimum Gasteiger partial charge on any atom is -0.356 e. The molecule has 156 valence electrons. The summed E-state index contributed by atoms with van der Waals surface area (Å²) in [6.45, 7) is 6.69. The number of hydrogen-bond donors (Lipinski definition) is 1. The van der Waals surface area contributed by atoms with Crippen LogP contribution in [0.5, 0.6) is 0 Å². The van der Waals surface area contributed by atoms with Gasteiger partial charge in [0.1, 0.15) is 5.69 Å². The van der Waals surface area contributed by atoms with Gasteiger partial charge in [0.15, 0.2) is 10.7 Å². The van der Waals surface area contributed by atoms with Gasteiger partial charge in [-0.15, -0.1) is 0 Å². The number of piperidine rings is 1. The van der Waals surface area contributed by atoms with Crippen molar-refractivity contribution in [1.29, 1.82) is 0 Å². The first-order valence-corrected chi connectivity index (χ1v) is 11.3. The lowest BCUT2D eigenvalue weighted by Gasteiger charge is -2.30. The molecule has 0 saturated carbocycles. The van der Waals surface area contributed by atoms with E-state index in [2.05, 4.69) is 10.5 Å². The number of rotatable bonds is 6. The summed E-state index contributed by atoms with van der Waals surface area (Å²) >= 11 is 0. The molecule has 7 nitrogen and oxygen atoms in total. The third-order valence-electron chi connectivity index (χ3n) is 5.11. The lowest BCUT2D eigenvalue weighted by molar-refractivity contribution is -0.126. The normalized spacial score (nSPS) is 16.4. The van der Waals surface area contributed by atoms with Gasteiger partial charge < -0.3 is 9.84 Å². The SMILES string of the molecule is CCNC(=O)C1CCN(S(=O)(=O)c2c(C)noc2/C=C/c2ccc(C)cc2)CC1. The predicted octanol–water partition coefficient (Wildman–Crippen LogP) is 3.00. The largest absolute Gasteiger partial charge is 0.356 e. The second kappa shape index (κ2) is 8.92. The summed E-state index contributed by atoms with van der Waals surface area (Å²) in [6.07, 6.45) is 4.45. The van der Waals surface area contributed by atoms with Gasteiger partial charge in [-0.25, -0.2) is 8.42 Å². The molecule has 0 aliphatic carbocycles. The number of hydrogen-bond acceptors (Lipinski definition) is 5. The molecule has 2 aromatic rings. The van der Waals surface area contributed by atoms with Crippen LogP contribution in [0.25, 0.3) is 12.2 Å². The van der Waals surface area contributed by atoms with E-state index in [1.807, 2.05) is 38.1 Å². The number of aromatic nitrogens is 1. The molecule has 1 aromatic carbocycles. The molecule has 0 spiro atoms. The molecular weight excluding hydrogens is 390 g/mol. The molecule has 0 radical (unpaired) electrons. The average Bonchev–Trinajstić information content (AvgIpc) is 3.09. The highest BCUT2D eigenvalue weighted by Gasteiger charge is 2.35. The maximum atomic E-state index is 13.2. The van der Waals surface area contributed by atoms with E-state index >= 15 is 0 Å². The Morgan fingerprint density at radius 2 is 1.86 bits per heavy atom. The molecule has 1 aliphatic heterocycles. The Morgan fingerprint density at radius 1 is 1.21 bits per heavy atom. The second-order valence-corrected chi connectivity index (χ2v) is 9.15. The van der Waals surface area contributed by atoms with E-state index in [4.69, 9.17) is 4.52 Å². The first-order chi connectivity index (χ1) is 13.8. The van der Waals surface area contributed by atoms with Crippen LogP contribution in [-0.4, -0.2) is 43.4 Å². The van der Waals surface area contributed by atoms with Crippen LogP contribution in [0.15, 0.2) is 33.7 Å². The summed E-state index contributed by atoms with van der Waals surface area (Å²) in [4.78, 5) is 12.1. The third-order valence-corrected chi connectivity index (χ3v) is 7.17. The molecule has 2 heterocycles. The maximum absolute atomic E-state index is 13.2. The van der Waals surface area contributed by atoms with Gasteiger partial charge in [0.05, 0.1) is 0 Å². The van der Waals surface area contributed by atoms with Crippen molar-refractivity contribution >= 4 is 28.1 Å². The van der Waals surface area contributed by atoms with E-state index in [0.29, 0.717) is 38.2 Å². The highest BCUT2D eigenvalue weighted by atomic mass is 32.2. The zero-order valence-corrected chi connectivity index (χ0v) is 17.8. The molecular formula is C21H27N3O4S. The van der Waals surface area contributed by atoms with Gasteiger partial charge in [0, 0.05) is 25.6 Å². The number of carbonyl (C=O) groups excluding carboxylic acids is 1. The van der Waals surface area contributed by atoms with E-state index in [1.165, 1.54) is 4.31 Å². The quantitative estimate of drug-likeness (QED) is 0.780. The molecule has 0 atom stereocenters. The van der Waals surface area contributed by atoms with Crippen molar-refractivity contribution in [2.24, 2.45) is 5.92 Å². The van der Waals surface area contributed by atoms with Crippen molar-refractivity contribution in [3.8, 4) is 0 Å². The van der Waals surface area contributed by atoms with E-state index in [0.717, 1.165) is 11.1 Å². The average molecular weight is 418 g/mol. The monoisotopic (exact) mass is 417 g/mol. The van der Waals surface area contributed by atoms with E-state index in [1.54, 1.807) is 19.1 Å². The highest BCUT2D eigenvalue weighted by Crippen LogP contribution is 2.29. The number of nitrogens with zero attached hydrogens (tertiary/aromatic N) is 2. The Balaban J connectivity index is 1.78. The van der Waals surface area contributed by atoms with Gasteiger partial charge in [-0.05, 0) is 45.3 Å². The van der Waals surface area contributed by atoms with Gasteiger partial charge in [0.2, 0.25) is 15.9 Å². The Hall–Kier alpha value is -2.45. The Kier molecular flexibility index (Phi) is 6.54. The number of benzene rings is 1. The van der Waals surface area contributed by atoms with Crippen LogP contribution in [0.3, 0.4) is 0 Å². The molecule has 1 aromatic heterocycles. The number of aryl methyl sites for hydroxylation is 2. The summed E-state index contributed by atoms with van der Waals surface area (Å²) < 4.78 is 33.2. The minimum absolute atomic E-state index is 0.00701. The van der Waals surface area contributed by atoms with Crippen LogP contribution >= 0.6 is 0 Å². The van der Waals surface area contributed by atoms with E-state index < -0.39 is 10.0 Å². The minimum atomic E-state index is -3.76. The zero-order chi connectivity index (χ0) is 21.0. The molecule has 0 bridgehead atoms. The summed E-state index contributed by atoms with van der Waals surface area (Å²) in [5, 5.41) is 6.68. The van der Waals surface area contributed by atoms with Crippen LogP contribution in [-0.2, 0) is 14.8 Å². The van der Waals surface area contributed by atoms with Gasteiger partial charge >= 0.3 is 0 Å². The molecule has 1 aliphatic rings. The molecule has 29 heavy (non-hydrogen) atoms. The maximum Gasteiger partial charge on any atom is 0.248 e. The fraction of sp³-hybridized carbons (Fsp3) is 0.429. The van der Waals surface area contributed by atoms with Gasteiger partial charge in [-0.3, -0.25) is 4.79 Å². The van der Waals surface area contributed by atoms with Crippen LogP contribution in [0.1, 0.15) is 42.3 Å². The molecule has 1 amide bonds. The fourth-order valence-corrected chi connectivity index (χ4v) is 5.17. The summed E-state index contributed by atoms with van der Waals surface area (Å²) in [5.41, 5.74) is 2.42. The third kappa shape index (κ3) is 4.76. The summed E-state index contributed by atoms with van der Waals surface area (Å²) in [7, 11) is -3.76. The molecule has 0 unspecified atom stereocenters. The van der Waals surface area contributed by atoms with Crippen LogP contribution in [0, 0.1) is 19.8 Å². The number of sulfonamides is 1. The molecule has 3 rings (SSSR count). The van der Waals surface area contributed by atoms with Crippen LogP contribution < -0.4 is 5.32 Å². The zero-order valence-electron chi connectivity index (χ0n) is 17.0. The summed E-state index contributed by atoms with van der Waals surface area (Å²) in [5.74, 6) is 0.0622. The predicted molar refractivity (Wildman–Crippen MR) is 112 cm³/mol. The van der Waals surface area contributed by atoms with Gasteiger partial charge in [-0.2, -0.15) is 4.31 Å². The lowest BCUT2D eigenvalue weighted by atomic mass is 9.97. The van der Waals surface area contributed by atoms with Crippen molar-refractivity contribution in [1.82, 2.24) is 14.8 Å². The van der Waals surface area contributed by atoms with E-state index in [9.17, 15) is 13.2 Å². The number of nitrogens with one attached hydrogen (secondary N) is 1.